The Kier molecular flexibility index (Phi) is 3.10. The van der Waals surface area contributed by atoms with E-state index in [1.54, 1.807) is 46.0 Å². The number of aromatic amines is 1. The molecule has 1 heterocycles. The number of aromatic nitrogens is 2. The molecule has 0 aliphatic heterocycles. The molecule has 0 radical (unpaired) electrons. The van der Waals surface area contributed by atoms with Crippen molar-refractivity contribution in [3.63, 3.8) is 0 Å². The summed E-state index contributed by atoms with van der Waals surface area (Å²) in [6.07, 6.45) is 1.67. The summed E-state index contributed by atoms with van der Waals surface area (Å²) in [6, 6.07) is 5.32. The summed E-state index contributed by atoms with van der Waals surface area (Å²) >= 11 is 0. The van der Waals surface area contributed by atoms with Crippen molar-refractivity contribution < 1.29 is 9.90 Å². The molecule has 5 nitrogen and oxygen atoms in total. The topological polar surface area (TPSA) is 78.0 Å². The lowest BCUT2D eigenvalue weighted by molar-refractivity contribution is -0.00292. The molecule has 1 aromatic carbocycles. The fraction of sp³-hybridized carbons (Fsp3) is 0.429. The van der Waals surface area contributed by atoms with Crippen LogP contribution in [0.5, 0.6) is 0 Å². The predicted molar refractivity (Wildman–Crippen MR) is 73.9 cm³/mol. The summed E-state index contributed by atoms with van der Waals surface area (Å²) in [4.78, 5) is 12.2. The van der Waals surface area contributed by atoms with Gasteiger partial charge in [0.15, 0.2) is 0 Å². The summed E-state index contributed by atoms with van der Waals surface area (Å²) in [5.74, 6) is -0.213. The zero-order valence-corrected chi connectivity index (χ0v) is 11.6. The van der Waals surface area contributed by atoms with Gasteiger partial charge in [0.25, 0.3) is 5.91 Å². The monoisotopic (exact) mass is 261 g/mol. The van der Waals surface area contributed by atoms with Crippen molar-refractivity contribution in [1.82, 2.24) is 15.5 Å². The fourth-order valence-electron chi connectivity index (χ4n) is 1.59. The summed E-state index contributed by atoms with van der Waals surface area (Å²) in [5, 5.41) is 20.5. The SMILES string of the molecule is CC(C)(O)C(C)(C)NC(=O)c1ccc2[nH]ncc2c1. The van der Waals surface area contributed by atoms with Crippen LogP contribution in [0.15, 0.2) is 24.4 Å². The van der Waals surface area contributed by atoms with Gasteiger partial charge in [-0.15, -0.1) is 0 Å². The minimum absolute atomic E-state index is 0.213. The van der Waals surface area contributed by atoms with E-state index in [0.29, 0.717) is 5.56 Å². The van der Waals surface area contributed by atoms with Crippen molar-refractivity contribution >= 4 is 16.8 Å². The molecule has 3 N–H and O–H groups in total. The van der Waals surface area contributed by atoms with E-state index in [1.165, 1.54) is 0 Å². The van der Waals surface area contributed by atoms with E-state index in [2.05, 4.69) is 15.5 Å². The van der Waals surface area contributed by atoms with Crippen LogP contribution in [0.25, 0.3) is 10.9 Å². The summed E-state index contributed by atoms with van der Waals surface area (Å²) in [7, 11) is 0. The van der Waals surface area contributed by atoms with Crippen molar-refractivity contribution in [2.45, 2.75) is 38.8 Å². The number of nitrogens with one attached hydrogen (secondary N) is 2. The molecule has 0 saturated carbocycles. The van der Waals surface area contributed by atoms with Gasteiger partial charge in [-0.3, -0.25) is 9.89 Å². The van der Waals surface area contributed by atoms with Gasteiger partial charge in [-0.05, 0) is 45.9 Å². The third-order valence-electron chi connectivity index (χ3n) is 3.66. The summed E-state index contributed by atoms with van der Waals surface area (Å²) in [5.41, 5.74) is -0.304. The molecule has 2 rings (SSSR count). The highest BCUT2D eigenvalue weighted by Crippen LogP contribution is 2.21. The lowest BCUT2D eigenvalue weighted by Gasteiger charge is -2.38. The Morgan fingerprint density at radius 3 is 2.63 bits per heavy atom. The number of H-pyrrole nitrogens is 1. The standard InChI is InChI=1S/C14H19N3O2/c1-13(2,14(3,4)19)16-12(18)9-5-6-11-10(7-9)8-15-17-11/h5-8,19H,1-4H3,(H,15,17)(H,16,18). The summed E-state index contributed by atoms with van der Waals surface area (Å²) in [6.45, 7) is 6.93. The third kappa shape index (κ3) is 2.61. The third-order valence-corrected chi connectivity index (χ3v) is 3.66. The minimum atomic E-state index is -1.01. The van der Waals surface area contributed by atoms with Gasteiger partial charge in [0, 0.05) is 10.9 Å². The number of fused-ring (bicyclic) bond motifs is 1. The molecule has 0 aliphatic rings. The van der Waals surface area contributed by atoms with Crippen molar-refractivity contribution in [2.24, 2.45) is 0 Å². The first-order chi connectivity index (χ1) is 8.71. The summed E-state index contributed by atoms with van der Waals surface area (Å²) < 4.78 is 0. The minimum Gasteiger partial charge on any atom is -0.388 e. The number of aliphatic hydroxyl groups is 1. The normalized spacial score (nSPS) is 12.7. The first kappa shape index (κ1) is 13.5. The van der Waals surface area contributed by atoms with Gasteiger partial charge < -0.3 is 10.4 Å². The van der Waals surface area contributed by atoms with Crippen LogP contribution in [0.1, 0.15) is 38.1 Å². The number of carbonyl (C=O) groups is 1. The first-order valence-corrected chi connectivity index (χ1v) is 6.19. The van der Waals surface area contributed by atoms with E-state index in [1.807, 2.05) is 6.07 Å². The van der Waals surface area contributed by atoms with Crippen LogP contribution in [-0.4, -0.2) is 32.4 Å². The van der Waals surface area contributed by atoms with Crippen LogP contribution < -0.4 is 5.32 Å². The molecule has 1 amide bonds. The second kappa shape index (κ2) is 4.35. The van der Waals surface area contributed by atoms with E-state index < -0.39 is 11.1 Å². The molecule has 0 unspecified atom stereocenters. The molecular formula is C14H19N3O2. The molecule has 0 spiro atoms. The average molecular weight is 261 g/mol. The van der Waals surface area contributed by atoms with E-state index in [9.17, 15) is 9.90 Å². The zero-order valence-electron chi connectivity index (χ0n) is 11.6. The number of carbonyl (C=O) groups excluding carboxylic acids is 1. The largest absolute Gasteiger partial charge is 0.388 e. The van der Waals surface area contributed by atoms with Gasteiger partial charge in [-0.25, -0.2) is 0 Å². The lowest BCUT2D eigenvalue weighted by Crippen LogP contribution is -2.57. The van der Waals surface area contributed by atoms with Crippen molar-refractivity contribution in [3.05, 3.63) is 30.0 Å². The number of nitrogens with zero attached hydrogens (tertiary/aromatic N) is 1. The Labute approximate surface area is 112 Å². The molecule has 0 saturated heterocycles. The van der Waals surface area contributed by atoms with Crippen LogP contribution in [0.3, 0.4) is 0 Å². The van der Waals surface area contributed by atoms with E-state index in [4.69, 9.17) is 0 Å². The van der Waals surface area contributed by atoms with Gasteiger partial charge in [-0.2, -0.15) is 5.10 Å². The van der Waals surface area contributed by atoms with Crippen LogP contribution in [-0.2, 0) is 0 Å². The quantitative estimate of drug-likeness (QED) is 0.789. The van der Waals surface area contributed by atoms with Crippen LogP contribution >= 0.6 is 0 Å². The molecule has 1 aromatic heterocycles. The Balaban J connectivity index is 2.24. The molecule has 0 bridgehead atoms. The fourth-order valence-corrected chi connectivity index (χ4v) is 1.59. The molecule has 0 aliphatic carbocycles. The lowest BCUT2D eigenvalue weighted by atomic mass is 9.85. The second-order valence-electron chi connectivity index (χ2n) is 5.81. The highest BCUT2D eigenvalue weighted by atomic mass is 16.3. The maximum absolute atomic E-state index is 12.2. The van der Waals surface area contributed by atoms with E-state index >= 15 is 0 Å². The van der Waals surface area contributed by atoms with Gasteiger partial charge in [-0.1, -0.05) is 0 Å². The molecule has 102 valence electrons. The van der Waals surface area contributed by atoms with Crippen molar-refractivity contribution in [1.29, 1.82) is 0 Å². The molecule has 19 heavy (non-hydrogen) atoms. The highest BCUT2D eigenvalue weighted by Gasteiger charge is 2.36. The predicted octanol–water partition coefficient (Wildman–Crippen LogP) is 1.84. The molecule has 5 heteroatoms. The van der Waals surface area contributed by atoms with Crippen LogP contribution in [0, 0.1) is 0 Å². The molecular weight excluding hydrogens is 242 g/mol. The van der Waals surface area contributed by atoms with E-state index in [-0.39, 0.29) is 5.91 Å². The second-order valence-corrected chi connectivity index (χ2v) is 5.81. The highest BCUT2D eigenvalue weighted by molar-refractivity contribution is 5.98. The molecule has 0 fully saturated rings. The van der Waals surface area contributed by atoms with Crippen LogP contribution in [0.2, 0.25) is 0 Å². The Morgan fingerprint density at radius 1 is 1.32 bits per heavy atom. The van der Waals surface area contributed by atoms with Crippen molar-refractivity contribution in [2.75, 3.05) is 0 Å². The zero-order chi connectivity index (χ0) is 14.3. The van der Waals surface area contributed by atoms with Gasteiger partial charge in [0.1, 0.15) is 0 Å². The molecule has 0 atom stereocenters. The van der Waals surface area contributed by atoms with Gasteiger partial charge in [0.2, 0.25) is 0 Å². The number of amides is 1. The van der Waals surface area contributed by atoms with Gasteiger partial charge in [0.05, 0.1) is 22.9 Å². The Bertz CT molecular complexity index is 608. The van der Waals surface area contributed by atoms with Gasteiger partial charge >= 0.3 is 0 Å². The number of hydrogen-bond donors (Lipinski definition) is 3. The average Bonchev–Trinajstić information content (AvgIpc) is 2.73. The smallest absolute Gasteiger partial charge is 0.251 e. The maximum Gasteiger partial charge on any atom is 0.251 e. The number of rotatable bonds is 3. The van der Waals surface area contributed by atoms with Crippen LogP contribution in [0.4, 0.5) is 0 Å². The number of benzene rings is 1. The number of hydrogen-bond acceptors (Lipinski definition) is 3. The van der Waals surface area contributed by atoms with Crippen molar-refractivity contribution in [3.8, 4) is 0 Å². The Morgan fingerprint density at radius 2 is 2.00 bits per heavy atom. The maximum atomic E-state index is 12.2. The molecule has 2 aromatic rings. The Hall–Kier alpha value is -1.88. The van der Waals surface area contributed by atoms with E-state index in [0.717, 1.165) is 10.9 Å². The first-order valence-electron chi connectivity index (χ1n) is 6.19.